The molecule has 1 aromatic heterocycles. The number of para-hydroxylation sites is 1. The van der Waals surface area contributed by atoms with E-state index in [1.807, 2.05) is 42.6 Å². The summed E-state index contributed by atoms with van der Waals surface area (Å²) < 4.78 is 1.81. The lowest BCUT2D eigenvalue weighted by Gasteiger charge is -2.04. The van der Waals surface area contributed by atoms with E-state index in [1.54, 1.807) is 10.9 Å². The molecule has 4 nitrogen and oxygen atoms in total. The molecule has 0 saturated carbocycles. The standard InChI is InChI=1S/C17H22N4S/c1-2-3-4-8-12-18-17(22)20-15-11-13-21(19-14-15)16-9-6-5-7-10-16/h5-7,9-11,13-14H,2-4,8,12H2,1H3,(H,18,22). The summed E-state index contributed by atoms with van der Waals surface area (Å²) in [6, 6.07) is 11.9. The highest BCUT2D eigenvalue weighted by Crippen LogP contribution is 2.02. The van der Waals surface area contributed by atoms with E-state index in [9.17, 15) is 0 Å². The Morgan fingerprint density at radius 3 is 2.68 bits per heavy atom. The predicted octanol–water partition coefficient (Wildman–Crippen LogP) is 3.23. The van der Waals surface area contributed by atoms with Crippen LogP contribution in [0.15, 0.2) is 53.8 Å². The molecule has 0 radical (unpaired) electrons. The molecule has 116 valence electrons. The van der Waals surface area contributed by atoms with Crippen LogP contribution in [0.1, 0.15) is 32.6 Å². The molecule has 0 saturated heterocycles. The van der Waals surface area contributed by atoms with Crippen molar-refractivity contribution in [2.45, 2.75) is 32.6 Å². The largest absolute Gasteiger partial charge is 0.361 e. The minimum absolute atomic E-state index is 0.524. The Morgan fingerprint density at radius 2 is 2.00 bits per heavy atom. The average Bonchev–Trinajstić information content (AvgIpc) is 2.56. The van der Waals surface area contributed by atoms with E-state index in [2.05, 4.69) is 22.3 Å². The number of benzene rings is 1. The summed E-state index contributed by atoms with van der Waals surface area (Å²) in [6.45, 7) is 3.09. The average molecular weight is 314 g/mol. The number of hydrogen-bond acceptors (Lipinski definition) is 2. The van der Waals surface area contributed by atoms with Crippen molar-refractivity contribution < 1.29 is 0 Å². The van der Waals surface area contributed by atoms with Crippen LogP contribution in [0, 0.1) is 0 Å². The summed E-state index contributed by atoms with van der Waals surface area (Å²) in [5.41, 5.74) is 1.02. The highest BCUT2D eigenvalue weighted by molar-refractivity contribution is 7.80. The third-order valence-electron chi connectivity index (χ3n) is 3.26. The van der Waals surface area contributed by atoms with E-state index >= 15 is 0 Å². The van der Waals surface area contributed by atoms with Gasteiger partial charge in [-0.3, -0.25) is 0 Å². The topological polar surface area (TPSA) is 42.2 Å². The van der Waals surface area contributed by atoms with E-state index in [1.165, 1.54) is 19.3 Å². The highest BCUT2D eigenvalue weighted by atomic mass is 32.1. The number of nitrogens with zero attached hydrogens (tertiary/aromatic N) is 3. The highest BCUT2D eigenvalue weighted by Gasteiger charge is 1.95. The van der Waals surface area contributed by atoms with Crippen LogP contribution < -0.4 is 10.7 Å². The molecular formula is C17H22N4S. The third-order valence-corrected chi connectivity index (χ3v) is 3.49. The van der Waals surface area contributed by atoms with Gasteiger partial charge in [-0.05, 0) is 36.8 Å². The lowest BCUT2D eigenvalue weighted by molar-refractivity contribution is 0.654. The van der Waals surface area contributed by atoms with Gasteiger partial charge in [0.15, 0.2) is 5.11 Å². The number of hydrogen-bond donors (Lipinski definition) is 1. The fraction of sp³-hybridized carbons (Fsp3) is 0.353. The number of unbranched alkanes of at least 4 members (excludes halogenated alkanes) is 3. The van der Waals surface area contributed by atoms with Crippen LogP contribution in [-0.2, 0) is 0 Å². The second-order valence-corrected chi connectivity index (χ2v) is 5.46. The smallest absolute Gasteiger partial charge is 0.193 e. The summed E-state index contributed by atoms with van der Waals surface area (Å²) in [7, 11) is 0. The Morgan fingerprint density at radius 1 is 1.18 bits per heavy atom. The van der Waals surface area contributed by atoms with Crippen LogP contribution in [-0.4, -0.2) is 21.4 Å². The Kier molecular flexibility index (Phi) is 6.77. The van der Waals surface area contributed by atoms with Crippen molar-refractivity contribution >= 4 is 17.3 Å². The molecule has 1 N–H and O–H groups in total. The minimum atomic E-state index is 0.524. The van der Waals surface area contributed by atoms with Crippen LogP contribution >= 0.6 is 12.2 Å². The van der Waals surface area contributed by atoms with Crippen LogP contribution in [0.25, 0.3) is 5.69 Å². The maximum Gasteiger partial charge on any atom is 0.193 e. The second kappa shape index (κ2) is 9.10. The van der Waals surface area contributed by atoms with Crippen molar-refractivity contribution in [3.63, 3.8) is 0 Å². The van der Waals surface area contributed by atoms with Crippen molar-refractivity contribution in [3.05, 3.63) is 54.1 Å². The van der Waals surface area contributed by atoms with Gasteiger partial charge in [-0.2, -0.15) is 5.10 Å². The van der Waals surface area contributed by atoms with Crippen LogP contribution in [0.2, 0.25) is 0 Å². The molecule has 2 rings (SSSR count). The molecular weight excluding hydrogens is 292 g/mol. The first-order valence-corrected chi connectivity index (χ1v) is 8.13. The summed E-state index contributed by atoms with van der Waals surface area (Å²) in [6.07, 6.45) is 8.48. The molecule has 0 bridgehead atoms. The molecule has 0 fully saturated rings. The fourth-order valence-electron chi connectivity index (χ4n) is 2.05. The normalized spacial score (nSPS) is 11.4. The Bertz CT molecular complexity index is 629. The van der Waals surface area contributed by atoms with Gasteiger partial charge >= 0.3 is 0 Å². The lowest BCUT2D eigenvalue weighted by Crippen LogP contribution is -2.23. The van der Waals surface area contributed by atoms with Gasteiger partial charge in [0.2, 0.25) is 0 Å². The maximum absolute atomic E-state index is 5.23. The summed E-state index contributed by atoms with van der Waals surface area (Å²) in [5.74, 6) is 0. The molecule has 0 aliphatic heterocycles. The van der Waals surface area contributed by atoms with Crippen LogP contribution in [0.4, 0.5) is 0 Å². The number of thiocarbonyl (C=S) groups is 1. The summed E-state index contributed by atoms with van der Waals surface area (Å²) >= 11 is 5.23. The van der Waals surface area contributed by atoms with Crippen molar-refractivity contribution in [1.29, 1.82) is 0 Å². The number of nitrogens with one attached hydrogen (secondary N) is 1. The van der Waals surface area contributed by atoms with Gasteiger partial charge in [0.05, 0.1) is 17.2 Å². The number of aromatic nitrogens is 2. The monoisotopic (exact) mass is 314 g/mol. The van der Waals surface area contributed by atoms with E-state index < -0.39 is 0 Å². The summed E-state index contributed by atoms with van der Waals surface area (Å²) in [5, 5.41) is 8.81. The van der Waals surface area contributed by atoms with Crippen molar-refractivity contribution in [1.82, 2.24) is 15.1 Å². The van der Waals surface area contributed by atoms with Gasteiger partial charge in [0, 0.05) is 12.7 Å². The number of rotatable bonds is 6. The molecule has 0 amide bonds. The molecule has 5 heteroatoms. The zero-order chi connectivity index (χ0) is 15.6. The van der Waals surface area contributed by atoms with Crippen LogP contribution in [0.3, 0.4) is 0 Å². The zero-order valence-electron chi connectivity index (χ0n) is 12.9. The second-order valence-electron chi connectivity index (χ2n) is 5.07. The molecule has 0 aliphatic rings. The first kappa shape index (κ1) is 16.4. The van der Waals surface area contributed by atoms with Gasteiger partial charge in [-0.25, -0.2) is 9.67 Å². The van der Waals surface area contributed by atoms with Crippen molar-refractivity contribution in [2.75, 3.05) is 6.54 Å². The van der Waals surface area contributed by atoms with E-state index in [4.69, 9.17) is 12.2 Å². The molecule has 1 heterocycles. The molecule has 0 unspecified atom stereocenters. The Hall–Kier alpha value is -2.01. The first-order chi connectivity index (χ1) is 10.8. The minimum Gasteiger partial charge on any atom is -0.361 e. The Labute approximate surface area is 136 Å². The Balaban J connectivity index is 1.91. The first-order valence-electron chi connectivity index (χ1n) is 7.72. The fourth-order valence-corrected chi connectivity index (χ4v) is 2.26. The van der Waals surface area contributed by atoms with Crippen molar-refractivity contribution in [3.8, 4) is 5.69 Å². The molecule has 0 spiro atoms. The van der Waals surface area contributed by atoms with Gasteiger partial charge in [-0.1, -0.05) is 44.4 Å². The molecule has 22 heavy (non-hydrogen) atoms. The van der Waals surface area contributed by atoms with E-state index in [0.29, 0.717) is 5.11 Å². The molecule has 0 aliphatic carbocycles. The quantitative estimate of drug-likeness (QED) is 0.657. The van der Waals surface area contributed by atoms with Gasteiger partial charge in [0.25, 0.3) is 0 Å². The zero-order valence-corrected chi connectivity index (χ0v) is 13.7. The molecule has 0 atom stereocenters. The van der Waals surface area contributed by atoms with E-state index in [0.717, 1.165) is 24.0 Å². The van der Waals surface area contributed by atoms with Gasteiger partial charge < -0.3 is 5.32 Å². The van der Waals surface area contributed by atoms with Crippen LogP contribution in [0.5, 0.6) is 0 Å². The van der Waals surface area contributed by atoms with Crippen molar-refractivity contribution in [2.24, 2.45) is 4.99 Å². The predicted molar refractivity (Wildman–Crippen MR) is 93.9 cm³/mol. The molecule has 2 aromatic rings. The van der Waals surface area contributed by atoms with E-state index in [-0.39, 0.29) is 0 Å². The lowest BCUT2D eigenvalue weighted by atomic mass is 10.2. The summed E-state index contributed by atoms with van der Waals surface area (Å²) in [4.78, 5) is 4.36. The van der Waals surface area contributed by atoms with Gasteiger partial charge in [0.1, 0.15) is 0 Å². The SMILES string of the molecule is CCCCCCNC(=S)N=c1ccn(-c2ccccc2)nc1. The third kappa shape index (κ3) is 5.41. The molecule has 1 aromatic carbocycles. The maximum atomic E-state index is 5.23. The van der Waals surface area contributed by atoms with Gasteiger partial charge in [-0.15, -0.1) is 0 Å².